The Kier molecular flexibility index (Phi) is 5.61. The molecule has 0 aromatic heterocycles. The minimum absolute atomic E-state index is 0.0421. The molecule has 3 rings (SSSR count). The van der Waals surface area contributed by atoms with E-state index < -0.39 is 38.3 Å². The number of rotatable bonds is 4. The molecule has 0 bridgehead atoms. The zero-order valence-corrected chi connectivity index (χ0v) is 15.7. The number of piperazine rings is 1. The van der Waals surface area contributed by atoms with Crippen molar-refractivity contribution in [3.05, 3.63) is 59.4 Å². The van der Waals surface area contributed by atoms with Crippen LogP contribution in [0.3, 0.4) is 0 Å². The van der Waals surface area contributed by atoms with Crippen molar-refractivity contribution in [2.45, 2.75) is 4.90 Å². The second kappa shape index (κ2) is 7.80. The van der Waals surface area contributed by atoms with Crippen LogP contribution in [0.25, 0.3) is 0 Å². The molecular weight excluding hydrogens is 397 g/mol. The van der Waals surface area contributed by atoms with Gasteiger partial charge in [0.25, 0.3) is 5.91 Å². The lowest BCUT2D eigenvalue weighted by Gasteiger charge is -2.34. The molecule has 0 spiro atoms. The Morgan fingerprint density at radius 3 is 2.11 bits per heavy atom. The number of hydrogen-bond acceptors (Lipinski definition) is 4. The van der Waals surface area contributed by atoms with Gasteiger partial charge in [-0.15, -0.1) is 0 Å². The Morgan fingerprint density at radius 2 is 1.57 bits per heavy atom. The lowest BCUT2D eigenvalue weighted by Crippen LogP contribution is -2.50. The normalized spacial score (nSPS) is 15.5. The Morgan fingerprint density at radius 1 is 0.964 bits per heavy atom. The standard InChI is InChI=1S/C18H17F3N2O4S/c1-27-12-5-6-13(16(21)11-12)18(24)22-7-9-23(10-8-22)28(25,26)17-14(19)3-2-4-15(17)20/h2-6,11H,7-10H2,1H3. The van der Waals surface area contributed by atoms with E-state index >= 15 is 0 Å². The Bertz CT molecular complexity index is 986. The monoisotopic (exact) mass is 414 g/mol. The number of hydrogen-bond donors (Lipinski definition) is 0. The Hall–Kier alpha value is -2.59. The summed E-state index contributed by atoms with van der Waals surface area (Å²) in [5, 5.41) is 0. The summed E-state index contributed by atoms with van der Waals surface area (Å²) in [6.07, 6.45) is 0. The molecule has 0 N–H and O–H groups in total. The van der Waals surface area contributed by atoms with Crippen molar-refractivity contribution in [1.29, 1.82) is 0 Å². The molecule has 0 aliphatic carbocycles. The molecule has 1 aliphatic rings. The van der Waals surface area contributed by atoms with E-state index in [0.717, 1.165) is 28.6 Å². The van der Waals surface area contributed by atoms with Gasteiger partial charge in [0.1, 0.15) is 23.2 Å². The number of sulfonamides is 1. The molecule has 0 saturated carbocycles. The molecule has 0 atom stereocenters. The molecule has 6 nitrogen and oxygen atoms in total. The highest BCUT2D eigenvalue weighted by molar-refractivity contribution is 7.89. The average molecular weight is 414 g/mol. The van der Waals surface area contributed by atoms with E-state index in [2.05, 4.69) is 0 Å². The molecule has 10 heteroatoms. The molecule has 0 unspecified atom stereocenters. The minimum atomic E-state index is -4.40. The number of carbonyl (C=O) groups is 1. The van der Waals surface area contributed by atoms with Crippen molar-refractivity contribution >= 4 is 15.9 Å². The van der Waals surface area contributed by atoms with Gasteiger partial charge in [0.05, 0.1) is 12.7 Å². The van der Waals surface area contributed by atoms with Gasteiger partial charge >= 0.3 is 0 Å². The summed E-state index contributed by atoms with van der Waals surface area (Å²) in [5.74, 6) is -3.46. The van der Waals surface area contributed by atoms with Crippen LogP contribution in [0.15, 0.2) is 41.3 Å². The van der Waals surface area contributed by atoms with Crippen LogP contribution >= 0.6 is 0 Å². The summed E-state index contributed by atoms with van der Waals surface area (Å²) in [5.41, 5.74) is -0.169. The van der Waals surface area contributed by atoms with Gasteiger partial charge < -0.3 is 9.64 Å². The number of ether oxygens (including phenoxy) is 1. The van der Waals surface area contributed by atoms with E-state index in [4.69, 9.17) is 4.74 Å². The number of carbonyl (C=O) groups excluding carboxylic acids is 1. The molecule has 150 valence electrons. The van der Waals surface area contributed by atoms with Crippen molar-refractivity contribution in [3.63, 3.8) is 0 Å². The number of nitrogens with zero attached hydrogens (tertiary/aromatic N) is 2. The second-order valence-corrected chi connectivity index (χ2v) is 7.97. The largest absolute Gasteiger partial charge is 0.497 e. The third kappa shape index (κ3) is 3.69. The third-order valence-electron chi connectivity index (χ3n) is 4.45. The summed E-state index contributed by atoms with van der Waals surface area (Å²) < 4.78 is 72.8. The Labute approximate surface area is 160 Å². The summed E-state index contributed by atoms with van der Waals surface area (Å²) in [4.78, 5) is 12.8. The van der Waals surface area contributed by atoms with E-state index in [0.29, 0.717) is 0 Å². The van der Waals surface area contributed by atoms with Crippen LogP contribution in [0.4, 0.5) is 13.2 Å². The van der Waals surface area contributed by atoms with E-state index in [1.54, 1.807) is 0 Å². The number of methoxy groups -OCH3 is 1. The van der Waals surface area contributed by atoms with Crippen LogP contribution in [0, 0.1) is 17.5 Å². The van der Waals surface area contributed by atoms with E-state index in [1.165, 1.54) is 24.1 Å². The molecule has 0 radical (unpaired) electrons. The zero-order chi connectivity index (χ0) is 20.5. The fourth-order valence-corrected chi connectivity index (χ4v) is 4.49. The van der Waals surface area contributed by atoms with Crippen molar-refractivity contribution in [1.82, 2.24) is 9.21 Å². The molecule has 1 heterocycles. The van der Waals surface area contributed by atoms with E-state index in [9.17, 15) is 26.4 Å². The maximum atomic E-state index is 14.1. The summed E-state index contributed by atoms with van der Waals surface area (Å²) >= 11 is 0. The smallest absolute Gasteiger partial charge is 0.256 e. The number of amides is 1. The molecular formula is C18H17F3N2O4S. The van der Waals surface area contributed by atoms with E-state index in [1.807, 2.05) is 0 Å². The van der Waals surface area contributed by atoms with Crippen LogP contribution in [0.1, 0.15) is 10.4 Å². The number of benzene rings is 2. The fourth-order valence-electron chi connectivity index (χ4n) is 2.96. The quantitative estimate of drug-likeness (QED) is 0.770. The lowest BCUT2D eigenvalue weighted by molar-refractivity contribution is 0.0692. The first-order chi connectivity index (χ1) is 13.3. The van der Waals surface area contributed by atoms with Crippen LogP contribution in [-0.2, 0) is 10.0 Å². The number of halogens is 3. The van der Waals surface area contributed by atoms with Crippen LogP contribution in [-0.4, -0.2) is 56.8 Å². The van der Waals surface area contributed by atoms with Gasteiger partial charge in [-0.1, -0.05) is 6.07 Å². The van der Waals surface area contributed by atoms with Gasteiger partial charge in [0.15, 0.2) is 4.90 Å². The van der Waals surface area contributed by atoms with Gasteiger partial charge in [-0.3, -0.25) is 4.79 Å². The highest BCUT2D eigenvalue weighted by atomic mass is 32.2. The molecule has 2 aromatic rings. The summed E-state index contributed by atoms with van der Waals surface area (Å²) in [6, 6.07) is 6.61. The Balaban J connectivity index is 1.75. The fraction of sp³-hybridized carbons (Fsp3) is 0.278. The highest BCUT2D eigenvalue weighted by Gasteiger charge is 2.34. The van der Waals surface area contributed by atoms with Crippen molar-refractivity contribution in [2.24, 2.45) is 0 Å². The maximum absolute atomic E-state index is 14.1. The zero-order valence-electron chi connectivity index (χ0n) is 14.9. The molecule has 28 heavy (non-hydrogen) atoms. The first-order valence-electron chi connectivity index (χ1n) is 8.32. The SMILES string of the molecule is COc1ccc(C(=O)N2CCN(S(=O)(=O)c3c(F)cccc3F)CC2)c(F)c1. The molecule has 1 amide bonds. The van der Waals surface area contributed by atoms with Gasteiger partial charge in [-0.2, -0.15) is 4.31 Å². The molecule has 1 saturated heterocycles. The topological polar surface area (TPSA) is 66.9 Å². The second-order valence-electron chi connectivity index (χ2n) is 6.09. The van der Waals surface area contributed by atoms with Crippen molar-refractivity contribution in [3.8, 4) is 5.75 Å². The van der Waals surface area contributed by atoms with E-state index in [-0.39, 0.29) is 37.5 Å². The summed E-state index contributed by atoms with van der Waals surface area (Å²) in [7, 11) is -3.03. The lowest BCUT2D eigenvalue weighted by atomic mass is 10.1. The van der Waals surface area contributed by atoms with Crippen LogP contribution < -0.4 is 4.74 Å². The highest BCUT2D eigenvalue weighted by Crippen LogP contribution is 2.24. The van der Waals surface area contributed by atoms with Gasteiger partial charge in [0.2, 0.25) is 10.0 Å². The average Bonchev–Trinajstić information content (AvgIpc) is 2.67. The van der Waals surface area contributed by atoms with Gasteiger partial charge in [-0.05, 0) is 24.3 Å². The van der Waals surface area contributed by atoms with Crippen LogP contribution in [0.5, 0.6) is 5.75 Å². The first kappa shape index (κ1) is 20.2. The predicted octanol–water partition coefficient (Wildman–Crippen LogP) is 2.26. The maximum Gasteiger partial charge on any atom is 0.256 e. The van der Waals surface area contributed by atoms with Crippen molar-refractivity contribution < 1.29 is 31.1 Å². The molecule has 1 aliphatic heterocycles. The predicted molar refractivity (Wildman–Crippen MR) is 94.0 cm³/mol. The van der Waals surface area contributed by atoms with Crippen LogP contribution in [0.2, 0.25) is 0 Å². The first-order valence-corrected chi connectivity index (χ1v) is 9.76. The van der Waals surface area contributed by atoms with Crippen molar-refractivity contribution in [2.75, 3.05) is 33.3 Å². The molecule has 1 fully saturated rings. The third-order valence-corrected chi connectivity index (χ3v) is 6.40. The molecule has 2 aromatic carbocycles. The van der Waals surface area contributed by atoms with Gasteiger partial charge in [-0.25, -0.2) is 21.6 Å². The van der Waals surface area contributed by atoms with Gasteiger partial charge in [0, 0.05) is 32.2 Å². The minimum Gasteiger partial charge on any atom is -0.497 e. The summed E-state index contributed by atoms with van der Waals surface area (Å²) in [6.45, 7) is -0.418.